The maximum atomic E-state index is 11.9. The van der Waals surface area contributed by atoms with Crippen LogP contribution in [0.15, 0.2) is 22.7 Å². The van der Waals surface area contributed by atoms with Gasteiger partial charge in [0.25, 0.3) is 11.6 Å². The highest BCUT2D eigenvalue weighted by molar-refractivity contribution is 9.10. The van der Waals surface area contributed by atoms with Gasteiger partial charge in [0, 0.05) is 23.7 Å². The van der Waals surface area contributed by atoms with Crippen LogP contribution in [0, 0.1) is 10.1 Å². The van der Waals surface area contributed by atoms with Crippen LogP contribution < -0.4 is 10.6 Å². The standard InChI is InChI=1S/C10H8BrN5O3S/c1-12-10-15-14-9(20-10)8(17)13-7-3-2-5(16(18)19)4-6(7)11/h2-4H,1H3,(H,12,15)(H,13,17). The summed E-state index contributed by atoms with van der Waals surface area (Å²) in [7, 11) is 1.68. The quantitative estimate of drug-likeness (QED) is 0.642. The van der Waals surface area contributed by atoms with E-state index in [-0.39, 0.29) is 10.7 Å². The molecular formula is C10H8BrN5O3S. The SMILES string of the molecule is CNc1nnc(C(=O)Nc2ccc([N+](=O)[O-])cc2Br)s1. The van der Waals surface area contributed by atoms with Crippen molar-refractivity contribution in [2.75, 3.05) is 17.7 Å². The summed E-state index contributed by atoms with van der Waals surface area (Å²) in [4.78, 5) is 22.0. The molecule has 0 aliphatic heterocycles. The van der Waals surface area contributed by atoms with Gasteiger partial charge in [-0.25, -0.2) is 0 Å². The fourth-order valence-corrected chi connectivity index (χ4v) is 2.37. The predicted molar refractivity (Wildman–Crippen MR) is 78.2 cm³/mol. The van der Waals surface area contributed by atoms with E-state index in [2.05, 4.69) is 36.8 Å². The molecule has 2 N–H and O–H groups in total. The van der Waals surface area contributed by atoms with E-state index < -0.39 is 10.8 Å². The first-order valence-corrected chi connectivity index (χ1v) is 6.88. The van der Waals surface area contributed by atoms with Gasteiger partial charge in [0.2, 0.25) is 10.1 Å². The molecule has 0 radical (unpaired) electrons. The largest absolute Gasteiger partial charge is 0.363 e. The van der Waals surface area contributed by atoms with Gasteiger partial charge in [-0.3, -0.25) is 14.9 Å². The number of nitrogens with zero attached hydrogens (tertiary/aromatic N) is 3. The second-order valence-electron chi connectivity index (χ2n) is 3.54. The summed E-state index contributed by atoms with van der Waals surface area (Å²) in [5.74, 6) is -0.432. The average Bonchev–Trinajstić information content (AvgIpc) is 2.89. The van der Waals surface area contributed by atoms with Gasteiger partial charge in [-0.05, 0) is 22.0 Å². The molecule has 0 atom stereocenters. The van der Waals surface area contributed by atoms with Gasteiger partial charge in [-0.2, -0.15) is 0 Å². The van der Waals surface area contributed by atoms with Crippen LogP contribution in [-0.4, -0.2) is 28.1 Å². The van der Waals surface area contributed by atoms with Crippen molar-refractivity contribution in [1.82, 2.24) is 10.2 Å². The maximum absolute atomic E-state index is 11.9. The van der Waals surface area contributed by atoms with Crippen LogP contribution in [0.25, 0.3) is 0 Å². The molecule has 0 spiro atoms. The Kier molecular flexibility index (Phi) is 4.25. The summed E-state index contributed by atoms with van der Waals surface area (Å²) < 4.78 is 0.415. The number of halogens is 1. The van der Waals surface area contributed by atoms with Crippen molar-refractivity contribution in [3.8, 4) is 0 Å². The molecule has 20 heavy (non-hydrogen) atoms. The molecule has 2 rings (SSSR count). The van der Waals surface area contributed by atoms with E-state index in [9.17, 15) is 14.9 Å². The molecule has 0 aliphatic rings. The number of anilines is 2. The van der Waals surface area contributed by atoms with Gasteiger partial charge in [0.1, 0.15) is 0 Å². The number of nitro groups is 1. The monoisotopic (exact) mass is 357 g/mol. The lowest BCUT2D eigenvalue weighted by atomic mass is 10.3. The highest BCUT2D eigenvalue weighted by Gasteiger charge is 2.15. The summed E-state index contributed by atoms with van der Waals surface area (Å²) in [5.41, 5.74) is 0.352. The fourth-order valence-electron chi connectivity index (χ4n) is 1.31. The first-order valence-electron chi connectivity index (χ1n) is 5.28. The number of non-ortho nitro benzene ring substituents is 1. The van der Waals surface area contributed by atoms with Gasteiger partial charge >= 0.3 is 0 Å². The molecule has 0 aliphatic carbocycles. The summed E-state index contributed by atoms with van der Waals surface area (Å²) in [5, 5.41) is 24.2. The lowest BCUT2D eigenvalue weighted by Crippen LogP contribution is -2.12. The van der Waals surface area contributed by atoms with E-state index in [1.807, 2.05) is 0 Å². The molecule has 0 fully saturated rings. The Labute approximate surface area is 125 Å². The summed E-state index contributed by atoms with van der Waals surface area (Å²) in [6.07, 6.45) is 0. The van der Waals surface area contributed by atoms with Crippen molar-refractivity contribution >= 4 is 49.7 Å². The zero-order valence-corrected chi connectivity index (χ0v) is 12.5. The van der Waals surface area contributed by atoms with E-state index in [1.54, 1.807) is 7.05 Å². The molecule has 0 unspecified atom stereocenters. The highest BCUT2D eigenvalue weighted by atomic mass is 79.9. The molecule has 1 amide bonds. The minimum absolute atomic E-state index is 0.0664. The van der Waals surface area contributed by atoms with Crippen LogP contribution in [0.5, 0.6) is 0 Å². The van der Waals surface area contributed by atoms with Crippen molar-refractivity contribution in [2.24, 2.45) is 0 Å². The topological polar surface area (TPSA) is 110 Å². The highest BCUT2D eigenvalue weighted by Crippen LogP contribution is 2.27. The third kappa shape index (κ3) is 3.08. The number of hydrogen-bond acceptors (Lipinski definition) is 7. The number of carbonyl (C=O) groups excluding carboxylic acids is 1. The number of nitro benzene ring substituents is 1. The zero-order chi connectivity index (χ0) is 14.7. The van der Waals surface area contributed by atoms with Gasteiger partial charge in [-0.1, -0.05) is 11.3 Å². The third-order valence-corrected chi connectivity index (χ3v) is 3.84. The fraction of sp³-hybridized carbons (Fsp3) is 0.100. The Bertz CT molecular complexity index is 675. The first-order chi connectivity index (χ1) is 9.51. The van der Waals surface area contributed by atoms with E-state index in [0.29, 0.717) is 15.3 Å². The normalized spacial score (nSPS) is 10.1. The second kappa shape index (κ2) is 5.92. The van der Waals surface area contributed by atoms with Gasteiger partial charge in [-0.15, -0.1) is 10.2 Å². The first kappa shape index (κ1) is 14.3. The molecule has 1 heterocycles. The Morgan fingerprint density at radius 2 is 2.20 bits per heavy atom. The number of rotatable bonds is 4. The lowest BCUT2D eigenvalue weighted by Gasteiger charge is -2.04. The minimum atomic E-state index is -0.514. The van der Waals surface area contributed by atoms with Crippen molar-refractivity contribution in [3.63, 3.8) is 0 Å². The van der Waals surface area contributed by atoms with Crippen LogP contribution in [0.3, 0.4) is 0 Å². The van der Waals surface area contributed by atoms with Gasteiger partial charge < -0.3 is 10.6 Å². The molecule has 8 nitrogen and oxygen atoms in total. The Morgan fingerprint density at radius 1 is 1.45 bits per heavy atom. The summed E-state index contributed by atoms with van der Waals surface area (Å²) >= 11 is 4.28. The number of benzene rings is 1. The molecule has 104 valence electrons. The molecule has 1 aromatic heterocycles. The van der Waals surface area contributed by atoms with E-state index in [4.69, 9.17) is 0 Å². The van der Waals surface area contributed by atoms with Crippen LogP contribution in [-0.2, 0) is 0 Å². The molecule has 0 bridgehead atoms. The molecular weight excluding hydrogens is 350 g/mol. The van der Waals surface area contributed by atoms with Crippen LogP contribution >= 0.6 is 27.3 Å². The maximum Gasteiger partial charge on any atom is 0.286 e. The average molecular weight is 358 g/mol. The van der Waals surface area contributed by atoms with Crippen LogP contribution in [0.1, 0.15) is 9.80 Å². The molecule has 0 saturated carbocycles. The zero-order valence-electron chi connectivity index (χ0n) is 10.1. The minimum Gasteiger partial charge on any atom is -0.363 e. The lowest BCUT2D eigenvalue weighted by molar-refractivity contribution is -0.384. The number of carbonyl (C=O) groups is 1. The number of nitrogens with one attached hydrogen (secondary N) is 2. The van der Waals surface area contributed by atoms with Crippen LogP contribution in [0.4, 0.5) is 16.5 Å². The Morgan fingerprint density at radius 3 is 2.75 bits per heavy atom. The summed E-state index contributed by atoms with van der Waals surface area (Å²) in [6, 6.07) is 4.06. The molecule has 1 aromatic carbocycles. The van der Waals surface area contributed by atoms with Crippen molar-refractivity contribution in [1.29, 1.82) is 0 Å². The van der Waals surface area contributed by atoms with Gasteiger partial charge in [0.15, 0.2) is 0 Å². The van der Waals surface area contributed by atoms with Gasteiger partial charge in [0.05, 0.1) is 10.6 Å². The van der Waals surface area contributed by atoms with Crippen molar-refractivity contribution < 1.29 is 9.72 Å². The summed E-state index contributed by atoms with van der Waals surface area (Å²) in [6.45, 7) is 0. The number of hydrogen-bond donors (Lipinski definition) is 2. The molecule has 10 heteroatoms. The predicted octanol–water partition coefficient (Wildman–Crippen LogP) is 2.50. The second-order valence-corrected chi connectivity index (χ2v) is 5.37. The number of aromatic nitrogens is 2. The Hall–Kier alpha value is -2.07. The van der Waals surface area contributed by atoms with Crippen molar-refractivity contribution in [2.45, 2.75) is 0 Å². The van der Waals surface area contributed by atoms with E-state index in [0.717, 1.165) is 11.3 Å². The Balaban J connectivity index is 2.17. The molecule has 0 saturated heterocycles. The molecule has 2 aromatic rings. The van der Waals surface area contributed by atoms with Crippen molar-refractivity contribution in [3.05, 3.63) is 37.8 Å². The smallest absolute Gasteiger partial charge is 0.286 e. The van der Waals surface area contributed by atoms with Crippen LogP contribution in [0.2, 0.25) is 0 Å². The van der Waals surface area contributed by atoms with E-state index in [1.165, 1.54) is 18.2 Å². The number of amides is 1. The van der Waals surface area contributed by atoms with E-state index >= 15 is 0 Å². The third-order valence-electron chi connectivity index (χ3n) is 2.24.